The largest absolute Gasteiger partial charge is 0.458 e. The van der Waals surface area contributed by atoms with Crippen molar-refractivity contribution in [2.75, 3.05) is 6.61 Å². The van der Waals surface area contributed by atoms with Crippen LogP contribution in [0.4, 0.5) is 0 Å². The highest BCUT2D eigenvalue weighted by molar-refractivity contribution is 5.87. The van der Waals surface area contributed by atoms with E-state index in [0.717, 1.165) is 12.8 Å². The minimum Gasteiger partial charge on any atom is -0.458 e. The quantitative estimate of drug-likeness (QED) is 0.493. The Labute approximate surface area is 109 Å². The second kappa shape index (κ2) is 8.50. The average molecular weight is 254 g/mol. The third kappa shape index (κ3) is 6.89. The van der Waals surface area contributed by atoms with E-state index in [4.69, 9.17) is 9.47 Å². The maximum atomic E-state index is 11.4. The van der Waals surface area contributed by atoms with Crippen LogP contribution in [0.15, 0.2) is 24.3 Å². The molecule has 0 aliphatic carbocycles. The number of carbonyl (C=O) groups excluding carboxylic acids is 2. The maximum Gasteiger partial charge on any atom is 0.333 e. The van der Waals surface area contributed by atoms with Gasteiger partial charge in [-0.05, 0) is 26.7 Å². The van der Waals surface area contributed by atoms with Crippen LogP contribution in [-0.4, -0.2) is 24.6 Å². The molecule has 0 aromatic heterocycles. The van der Waals surface area contributed by atoms with Crippen molar-refractivity contribution in [1.82, 2.24) is 0 Å². The van der Waals surface area contributed by atoms with Crippen molar-refractivity contribution >= 4 is 11.9 Å². The van der Waals surface area contributed by atoms with E-state index < -0.39 is 18.0 Å². The topological polar surface area (TPSA) is 52.6 Å². The number of carbonyl (C=O) groups is 2. The molecule has 0 spiro atoms. The fourth-order valence-corrected chi connectivity index (χ4v) is 1.15. The third-order valence-electron chi connectivity index (χ3n) is 2.25. The number of ether oxygens (including phenoxy) is 2. The summed E-state index contributed by atoms with van der Waals surface area (Å²) < 4.78 is 10.2. The van der Waals surface area contributed by atoms with E-state index in [1.807, 2.05) is 6.92 Å². The number of unbranched alkanes of at least 4 members (excludes halogenated alkanes) is 1. The predicted octanol–water partition coefficient (Wildman–Crippen LogP) is 2.78. The van der Waals surface area contributed by atoms with Crippen molar-refractivity contribution in [2.24, 2.45) is 0 Å². The smallest absolute Gasteiger partial charge is 0.333 e. The predicted molar refractivity (Wildman–Crippen MR) is 70.0 cm³/mol. The minimum absolute atomic E-state index is 0.0602. The monoisotopic (exact) mass is 254 g/mol. The number of rotatable bonds is 8. The lowest BCUT2D eigenvalue weighted by molar-refractivity contribution is -0.154. The Hall–Kier alpha value is -1.58. The molecule has 4 nitrogen and oxygen atoms in total. The lowest BCUT2D eigenvalue weighted by atomic mass is 10.1. The molecule has 0 bridgehead atoms. The summed E-state index contributed by atoms with van der Waals surface area (Å²) in [6, 6.07) is 0. The molecule has 4 heteroatoms. The Kier molecular flexibility index (Phi) is 7.76. The van der Waals surface area contributed by atoms with E-state index in [-0.39, 0.29) is 6.61 Å². The molecule has 0 heterocycles. The lowest BCUT2D eigenvalue weighted by Crippen LogP contribution is -2.25. The fraction of sp³-hybridized carbons (Fsp3) is 0.571. The first-order valence-electron chi connectivity index (χ1n) is 6.07. The molecular weight excluding hydrogens is 232 g/mol. The van der Waals surface area contributed by atoms with Crippen molar-refractivity contribution in [3.63, 3.8) is 0 Å². The van der Waals surface area contributed by atoms with Gasteiger partial charge in [0.25, 0.3) is 0 Å². The molecule has 0 N–H and O–H groups in total. The van der Waals surface area contributed by atoms with Gasteiger partial charge in [0.05, 0.1) is 0 Å². The van der Waals surface area contributed by atoms with Crippen molar-refractivity contribution < 1.29 is 19.1 Å². The lowest BCUT2D eigenvalue weighted by Gasteiger charge is -2.17. The first kappa shape index (κ1) is 16.4. The molecule has 0 aliphatic rings. The van der Waals surface area contributed by atoms with Crippen LogP contribution in [0, 0.1) is 0 Å². The van der Waals surface area contributed by atoms with Crippen LogP contribution in [0.5, 0.6) is 0 Å². The van der Waals surface area contributed by atoms with Crippen LogP contribution < -0.4 is 0 Å². The molecule has 102 valence electrons. The number of esters is 2. The molecule has 0 saturated carbocycles. The number of hydrogen-bond acceptors (Lipinski definition) is 4. The Bertz CT molecular complexity index is 331. The minimum atomic E-state index is -0.470. The van der Waals surface area contributed by atoms with E-state index in [2.05, 4.69) is 13.2 Å². The van der Waals surface area contributed by atoms with Gasteiger partial charge >= 0.3 is 11.9 Å². The van der Waals surface area contributed by atoms with Gasteiger partial charge in [-0.3, -0.25) is 0 Å². The Morgan fingerprint density at radius 3 is 2.11 bits per heavy atom. The summed E-state index contributed by atoms with van der Waals surface area (Å²) in [5.74, 6) is -0.926. The van der Waals surface area contributed by atoms with Crippen LogP contribution in [0.2, 0.25) is 0 Å². The first-order valence-corrected chi connectivity index (χ1v) is 6.07. The highest BCUT2D eigenvalue weighted by Crippen LogP contribution is 2.09. The Morgan fingerprint density at radius 1 is 1.11 bits per heavy atom. The van der Waals surface area contributed by atoms with Crippen molar-refractivity contribution in [3.05, 3.63) is 24.3 Å². The zero-order chi connectivity index (χ0) is 14.1. The summed E-state index contributed by atoms with van der Waals surface area (Å²) in [6.07, 6.45) is 2.13. The third-order valence-corrected chi connectivity index (χ3v) is 2.25. The van der Waals surface area contributed by atoms with Gasteiger partial charge in [0, 0.05) is 11.1 Å². The van der Waals surface area contributed by atoms with E-state index >= 15 is 0 Å². The SMILES string of the molecule is C=C(C)C(=O)OCC(CCCC)OC(=O)C(=C)C. The van der Waals surface area contributed by atoms with Crippen LogP contribution in [0.1, 0.15) is 40.0 Å². The molecule has 0 fully saturated rings. The van der Waals surface area contributed by atoms with E-state index in [1.54, 1.807) is 13.8 Å². The molecule has 0 radical (unpaired) electrons. The van der Waals surface area contributed by atoms with Gasteiger partial charge in [-0.2, -0.15) is 0 Å². The van der Waals surface area contributed by atoms with Gasteiger partial charge < -0.3 is 9.47 Å². The fourth-order valence-electron chi connectivity index (χ4n) is 1.15. The average Bonchev–Trinajstić information content (AvgIpc) is 2.31. The van der Waals surface area contributed by atoms with Gasteiger partial charge in [0.2, 0.25) is 0 Å². The molecule has 18 heavy (non-hydrogen) atoms. The van der Waals surface area contributed by atoms with E-state index in [9.17, 15) is 9.59 Å². The van der Waals surface area contributed by atoms with E-state index in [0.29, 0.717) is 17.6 Å². The van der Waals surface area contributed by atoms with Crippen LogP contribution >= 0.6 is 0 Å². The highest BCUT2D eigenvalue weighted by atomic mass is 16.6. The zero-order valence-corrected chi connectivity index (χ0v) is 11.5. The molecule has 0 saturated heterocycles. The second-order valence-electron chi connectivity index (χ2n) is 4.33. The van der Waals surface area contributed by atoms with Crippen molar-refractivity contribution in [3.8, 4) is 0 Å². The molecule has 1 unspecified atom stereocenters. The number of hydrogen-bond donors (Lipinski definition) is 0. The van der Waals surface area contributed by atoms with Crippen LogP contribution in [0.25, 0.3) is 0 Å². The van der Waals surface area contributed by atoms with Gasteiger partial charge in [-0.1, -0.05) is 26.5 Å². The normalized spacial score (nSPS) is 11.5. The molecule has 0 aromatic rings. The Balaban J connectivity index is 4.30. The molecular formula is C14H22O4. The Morgan fingerprint density at radius 2 is 1.67 bits per heavy atom. The van der Waals surface area contributed by atoms with Gasteiger partial charge in [-0.15, -0.1) is 0 Å². The van der Waals surface area contributed by atoms with Gasteiger partial charge in [0.15, 0.2) is 0 Å². The van der Waals surface area contributed by atoms with Crippen LogP contribution in [-0.2, 0) is 19.1 Å². The summed E-state index contributed by atoms with van der Waals surface area (Å²) in [4.78, 5) is 22.7. The standard InChI is InChI=1S/C14H22O4/c1-6-7-8-12(18-14(16)11(4)5)9-17-13(15)10(2)3/h12H,2,4,6-9H2,1,3,5H3. The van der Waals surface area contributed by atoms with Gasteiger partial charge in [-0.25, -0.2) is 9.59 Å². The summed E-state index contributed by atoms with van der Waals surface area (Å²) >= 11 is 0. The molecule has 1 atom stereocenters. The molecule has 0 amide bonds. The summed E-state index contributed by atoms with van der Waals surface area (Å²) in [5.41, 5.74) is 0.665. The summed E-state index contributed by atoms with van der Waals surface area (Å²) in [7, 11) is 0. The van der Waals surface area contributed by atoms with Gasteiger partial charge in [0.1, 0.15) is 12.7 Å². The highest BCUT2D eigenvalue weighted by Gasteiger charge is 2.17. The second-order valence-corrected chi connectivity index (χ2v) is 4.33. The summed E-state index contributed by atoms with van der Waals surface area (Å²) in [6.45, 7) is 12.3. The molecule has 0 rings (SSSR count). The first-order chi connectivity index (χ1) is 8.38. The van der Waals surface area contributed by atoms with Crippen molar-refractivity contribution in [1.29, 1.82) is 0 Å². The maximum absolute atomic E-state index is 11.4. The summed E-state index contributed by atoms with van der Waals surface area (Å²) in [5, 5.41) is 0. The molecule has 0 aliphatic heterocycles. The van der Waals surface area contributed by atoms with E-state index in [1.165, 1.54) is 0 Å². The van der Waals surface area contributed by atoms with Crippen LogP contribution in [0.3, 0.4) is 0 Å². The zero-order valence-electron chi connectivity index (χ0n) is 11.5. The molecule has 0 aromatic carbocycles. The van der Waals surface area contributed by atoms with Crippen molar-refractivity contribution in [2.45, 2.75) is 46.1 Å².